The van der Waals surface area contributed by atoms with Crippen molar-refractivity contribution in [1.29, 1.82) is 0 Å². The van der Waals surface area contributed by atoms with Crippen LogP contribution in [0, 0.1) is 17.5 Å². The van der Waals surface area contributed by atoms with E-state index in [2.05, 4.69) is 10.2 Å². The molecule has 5 rings (SSSR count). The van der Waals surface area contributed by atoms with Crippen LogP contribution in [-0.4, -0.2) is 66.2 Å². The van der Waals surface area contributed by atoms with Crippen LogP contribution in [0.15, 0.2) is 53.5 Å². The molecular weight excluding hydrogens is 515 g/mol. The second-order valence-electron chi connectivity index (χ2n) is 9.44. The minimum absolute atomic E-state index is 0.00101. The number of rotatable bonds is 6. The molecule has 3 heterocycles. The van der Waals surface area contributed by atoms with E-state index in [4.69, 9.17) is 4.74 Å². The standard InChI is InChI=1S/C27H26F3N5O4/c1-32-7-9-33-16-34(10-8-32)35-14-20(26(37)31-13-19-21(29)11-18(28)12-22(19)30)24(36)25(23(35)27(33)38)39-15-17-5-3-2-4-6-17/h2-6,11-12,14H,7-10,13,15-16H2,1H3,(H,31,37). The smallest absolute Gasteiger partial charge is 0.277 e. The van der Waals surface area contributed by atoms with Gasteiger partial charge in [0.05, 0.1) is 0 Å². The summed E-state index contributed by atoms with van der Waals surface area (Å²) in [6.07, 6.45) is 1.25. The van der Waals surface area contributed by atoms with Crippen LogP contribution in [0.25, 0.3) is 0 Å². The lowest BCUT2D eigenvalue weighted by atomic mass is 10.1. The Kier molecular flexibility index (Phi) is 7.29. The minimum atomic E-state index is -1.17. The highest BCUT2D eigenvalue weighted by atomic mass is 19.1. The Hall–Kier alpha value is -4.32. The van der Waals surface area contributed by atoms with E-state index in [1.807, 2.05) is 18.1 Å². The molecule has 0 radical (unpaired) electrons. The van der Waals surface area contributed by atoms with Crippen molar-refractivity contribution in [2.45, 2.75) is 13.2 Å². The Morgan fingerprint density at radius 2 is 1.69 bits per heavy atom. The summed E-state index contributed by atoms with van der Waals surface area (Å²) < 4.78 is 48.8. The van der Waals surface area contributed by atoms with Gasteiger partial charge in [0.2, 0.25) is 5.43 Å². The number of carbonyl (C=O) groups excluding carboxylic acids is 2. The third-order valence-corrected chi connectivity index (χ3v) is 6.77. The van der Waals surface area contributed by atoms with Crippen molar-refractivity contribution >= 4 is 11.8 Å². The fourth-order valence-electron chi connectivity index (χ4n) is 4.55. The van der Waals surface area contributed by atoms with Crippen LogP contribution in [0.3, 0.4) is 0 Å². The Bertz CT molecular complexity index is 1460. The number of nitrogens with one attached hydrogen (secondary N) is 1. The lowest BCUT2D eigenvalue weighted by molar-refractivity contribution is 0.0640. The summed E-state index contributed by atoms with van der Waals surface area (Å²) in [4.78, 5) is 43.9. The number of amides is 2. The number of halogens is 3. The third-order valence-electron chi connectivity index (χ3n) is 6.77. The van der Waals surface area contributed by atoms with Gasteiger partial charge in [0.1, 0.15) is 36.3 Å². The van der Waals surface area contributed by atoms with E-state index in [0.29, 0.717) is 38.3 Å². The zero-order valence-electron chi connectivity index (χ0n) is 21.1. The molecule has 0 saturated carbocycles. The topological polar surface area (TPSA) is 87.1 Å². The molecule has 12 heteroatoms. The molecule has 3 aromatic rings. The van der Waals surface area contributed by atoms with Crippen LogP contribution in [0.2, 0.25) is 0 Å². The molecule has 1 aromatic heterocycles. The summed E-state index contributed by atoms with van der Waals surface area (Å²) in [6.45, 7) is 1.83. The molecule has 39 heavy (non-hydrogen) atoms. The van der Waals surface area contributed by atoms with Gasteiger partial charge in [-0.3, -0.25) is 24.1 Å². The highest BCUT2D eigenvalue weighted by Crippen LogP contribution is 2.24. The molecule has 0 spiro atoms. The summed E-state index contributed by atoms with van der Waals surface area (Å²) in [5.74, 6) is -5.06. The maximum atomic E-state index is 14.1. The van der Waals surface area contributed by atoms with Gasteiger partial charge in [-0.1, -0.05) is 30.3 Å². The Morgan fingerprint density at radius 1 is 1.00 bits per heavy atom. The van der Waals surface area contributed by atoms with Gasteiger partial charge >= 0.3 is 0 Å². The van der Waals surface area contributed by atoms with Gasteiger partial charge < -0.3 is 19.9 Å². The number of likely N-dealkylation sites (N-methyl/N-ethyl adjacent to an activating group) is 1. The summed E-state index contributed by atoms with van der Waals surface area (Å²) >= 11 is 0. The molecule has 2 bridgehead atoms. The SMILES string of the molecule is CN1CCN2CN(CC1)n1cc(C(=O)NCc3c(F)cc(F)cc3F)c(=O)c(OCc3ccccc3)c1C2=O. The zero-order valence-corrected chi connectivity index (χ0v) is 21.1. The Labute approximate surface area is 222 Å². The zero-order chi connectivity index (χ0) is 27.7. The summed E-state index contributed by atoms with van der Waals surface area (Å²) in [7, 11) is 1.93. The second-order valence-corrected chi connectivity index (χ2v) is 9.44. The Morgan fingerprint density at radius 3 is 2.41 bits per heavy atom. The number of benzene rings is 2. The molecule has 1 N–H and O–H groups in total. The Balaban J connectivity index is 1.53. The average Bonchev–Trinajstić information content (AvgIpc) is 2.90. The van der Waals surface area contributed by atoms with Gasteiger partial charge in [-0.2, -0.15) is 0 Å². The normalized spacial score (nSPS) is 15.4. The molecule has 0 unspecified atom stereocenters. The summed E-state index contributed by atoms with van der Waals surface area (Å²) in [5.41, 5.74) is -1.02. The molecule has 2 aliphatic rings. The van der Waals surface area contributed by atoms with E-state index < -0.39 is 46.8 Å². The van der Waals surface area contributed by atoms with Crippen molar-refractivity contribution in [2.24, 2.45) is 0 Å². The quantitative estimate of drug-likeness (QED) is 0.515. The van der Waals surface area contributed by atoms with Crippen LogP contribution in [0.1, 0.15) is 32.0 Å². The van der Waals surface area contributed by atoms with E-state index in [0.717, 1.165) is 5.56 Å². The highest BCUT2D eigenvalue weighted by molar-refractivity contribution is 5.99. The first-order valence-electron chi connectivity index (χ1n) is 12.3. The molecule has 9 nitrogen and oxygen atoms in total. The predicted molar refractivity (Wildman–Crippen MR) is 135 cm³/mol. The molecule has 0 aliphatic carbocycles. The number of ether oxygens (including phenoxy) is 1. The first kappa shape index (κ1) is 26.3. The van der Waals surface area contributed by atoms with Crippen molar-refractivity contribution in [3.05, 3.63) is 98.7 Å². The van der Waals surface area contributed by atoms with E-state index in [-0.39, 0.29) is 30.3 Å². The van der Waals surface area contributed by atoms with E-state index in [9.17, 15) is 27.6 Å². The van der Waals surface area contributed by atoms with Crippen LogP contribution in [0.4, 0.5) is 13.2 Å². The van der Waals surface area contributed by atoms with Crippen molar-refractivity contribution in [3.8, 4) is 5.75 Å². The molecule has 1 fully saturated rings. The average molecular weight is 542 g/mol. The molecule has 2 aromatic carbocycles. The molecular formula is C27H26F3N5O4. The number of hydrogen-bond donors (Lipinski definition) is 1. The van der Waals surface area contributed by atoms with Gasteiger partial charge in [0.15, 0.2) is 11.4 Å². The van der Waals surface area contributed by atoms with Crippen molar-refractivity contribution in [3.63, 3.8) is 0 Å². The number of fused-ring (bicyclic) bond motifs is 4. The van der Waals surface area contributed by atoms with Gasteiger partial charge in [0, 0.05) is 56.6 Å². The largest absolute Gasteiger partial charge is 0.482 e. The van der Waals surface area contributed by atoms with Crippen LogP contribution >= 0.6 is 0 Å². The van der Waals surface area contributed by atoms with Crippen molar-refractivity contribution in [2.75, 3.05) is 44.9 Å². The number of pyridine rings is 1. The fraction of sp³-hybridized carbons (Fsp3) is 0.296. The predicted octanol–water partition coefficient (Wildman–Crippen LogP) is 2.07. The first-order chi connectivity index (χ1) is 18.7. The molecule has 204 valence electrons. The molecule has 0 atom stereocenters. The van der Waals surface area contributed by atoms with Crippen LogP contribution in [-0.2, 0) is 13.2 Å². The second kappa shape index (κ2) is 10.8. The van der Waals surface area contributed by atoms with E-state index >= 15 is 0 Å². The first-order valence-corrected chi connectivity index (χ1v) is 12.3. The molecule has 2 aliphatic heterocycles. The van der Waals surface area contributed by atoms with E-state index in [1.165, 1.54) is 10.9 Å². The third kappa shape index (κ3) is 5.32. The number of carbonyl (C=O) groups is 2. The number of aromatic nitrogens is 1. The lowest BCUT2D eigenvalue weighted by Crippen LogP contribution is -2.59. The molecule has 2 amide bonds. The lowest BCUT2D eigenvalue weighted by Gasteiger charge is -2.43. The monoisotopic (exact) mass is 541 g/mol. The van der Waals surface area contributed by atoms with Crippen LogP contribution < -0.4 is 20.5 Å². The van der Waals surface area contributed by atoms with E-state index in [1.54, 1.807) is 29.2 Å². The van der Waals surface area contributed by atoms with Crippen molar-refractivity contribution < 1.29 is 27.5 Å². The van der Waals surface area contributed by atoms with Gasteiger partial charge in [-0.15, -0.1) is 0 Å². The maximum absolute atomic E-state index is 14.1. The van der Waals surface area contributed by atoms with Crippen LogP contribution in [0.5, 0.6) is 5.75 Å². The molecule has 1 saturated heterocycles. The summed E-state index contributed by atoms with van der Waals surface area (Å²) in [5, 5.41) is 4.15. The highest BCUT2D eigenvalue weighted by Gasteiger charge is 2.36. The van der Waals surface area contributed by atoms with Gasteiger partial charge in [-0.05, 0) is 12.6 Å². The number of hydrogen-bond acceptors (Lipinski definition) is 6. The van der Waals surface area contributed by atoms with Gasteiger partial charge in [-0.25, -0.2) is 13.2 Å². The summed E-state index contributed by atoms with van der Waals surface area (Å²) in [6, 6.07) is 10.0. The number of nitrogens with zero attached hydrogens (tertiary/aromatic N) is 4. The minimum Gasteiger partial charge on any atom is -0.482 e. The van der Waals surface area contributed by atoms with Crippen molar-refractivity contribution in [1.82, 2.24) is 19.8 Å². The van der Waals surface area contributed by atoms with Gasteiger partial charge in [0.25, 0.3) is 11.8 Å². The fourth-order valence-corrected chi connectivity index (χ4v) is 4.55. The maximum Gasteiger partial charge on any atom is 0.277 e.